The quantitative estimate of drug-likeness (QED) is 0.649. The van der Waals surface area contributed by atoms with Gasteiger partial charge in [0.2, 0.25) is 11.8 Å². The molecule has 2 amide bonds. The molecule has 0 saturated carbocycles. The minimum absolute atomic E-state index is 0.0278. The van der Waals surface area contributed by atoms with Crippen LogP contribution in [-0.4, -0.2) is 55.0 Å². The standard InChI is InChI=1S/C19H26ClN3O4/c1-13(2)12-27-18(25)9-16-19(26)21-7-8-23(16)11-17(24)22-10-14-5-3-4-6-15(14)20/h3-6,13,16H,7-12H2,1-2H3,(H,21,26)(H,22,24). The van der Waals surface area contributed by atoms with Gasteiger partial charge in [0.25, 0.3) is 0 Å². The van der Waals surface area contributed by atoms with Crippen LogP contribution in [0.4, 0.5) is 0 Å². The molecule has 1 fully saturated rings. The molecule has 0 radical (unpaired) electrons. The highest BCUT2D eigenvalue weighted by molar-refractivity contribution is 6.31. The molecule has 0 aliphatic carbocycles. The molecule has 1 atom stereocenters. The normalized spacial score (nSPS) is 17.5. The molecule has 0 aromatic heterocycles. The molecule has 27 heavy (non-hydrogen) atoms. The van der Waals surface area contributed by atoms with Gasteiger partial charge in [-0.1, -0.05) is 43.6 Å². The number of piperazine rings is 1. The fourth-order valence-electron chi connectivity index (χ4n) is 2.73. The lowest BCUT2D eigenvalue weighted by molar-refractivity contribution is -0.150. The summed E-state index contributed by atoms with van der Waals surface area (Å²) in [5, 5.41) is 6.12. The van der Waals surface area contributed by atoms with E-state index >= 15 is 0 Å². The number of esters is 1. The van der Waals surface area contributed by atoms with Gasteiger partial charge < -0.3 is 15.4 Å². The highest BCUT2D eigenvalue weighted by atomic mass is 35.5. The fraction of sp³-hybridized carbons (Fsp3) is 0.526. The molecule has 8 heteroatoms. The predicted molar refractivity (Wildman–Crippen MR) is 102 cm³/mol. The Morgan fingerprint density at radius 3 is 2.81 bits per heavy atom. The van der Waals surface area contributed by atoms with Crippen molar-refractivity contribution in [3.05, 3.63) is 34.9 Å². The third-order valence-electron chi connectivity index (χ3n) is 4.16. The number of benzene rings is 1. The third-order valence-corrected chi connectivity index (χ3v) is 4.53. The van der Waals surface area contributed by atoms with Crippen molar-refractivity contribution < 1.29 is 19.1 Å². The van der Waals surface area contributed by atoms with Crippen LogP contribution >= 0.6 is 11.6 Å². The van der Waals surface area contributed by atoms with Crippen LogP contribution in [0, 0.1) is 5.92 Å². The molecule has 2 rings (SSSR count). The van der Waals surface area contributed by atoms with E-state index in [0.717, 1.165) is 5.56 Å². The maximum absolute atomic E-state index is 12.3. The minimum Gasteiger partial charge on any atom is -0.465 e. The average Bonchev–Trinajstić information content (AvgIpc) is 2.62. The largest absolute Gasteiger partial charge is 0.465 e. The lowest BCUT2D eigenvalue weighted by Crippen LogP contribution is -2.58. The second-order valence-electron chi connectivity index (χ2n) is 6.93. The maximum atomic E-state index is 12.3. The molecular weight excluding hydrogens is 370 g/mol. The number of hydrogen-bond acceptors (Lipinski definition) is 5. The lowest BCUT2D eigenvalue weighted by Gasteiger charge is -2.33. The Kier molecular flexibility index (Phi) is 8.06. The first-order valence-electron chi connectivity index (χ1n) is 9.04. The number of ether oxygens (including phenoxy) is 1. The van der Waals surface area contributed by atoms with Crippen LogP contribution in [-0.2, 0) is 25.7 Å². The third kappa shape index (κ3) is 6.84. The summed E-state index contributed by atoms with van der Waals surface area (Å²) in [5.41, 5.74) is 0.817. The summed E-state index contributed by atoms with van der Waals surface area (Å²) >= 11 is 6.08. The van der Waals surface area contributed by atoms with Crippen molar-refractivity contribution in [1.82, 2.24) is 15.5 Å². The molecular formula is C19H26ClN3O4. The van der Waals surface area contributed by atoms with Crippen molar-refractivity contribution in [2.45, 2.75) is 32.9 Å². The van der Waals surface area contributed by atoms with E-state index < -0.39 is 12.0 Å². The Morgan fingerprint density at radius 1 is 1.37 bits per heavy atom. The van der Waals surface area contributed by atoms with Gasteiger partial charge in [-0.15, -0.1) is 0 Å². The van der Waals surface area contributed by atoms with Crippen LogP contribution in [0.2, 0.25) is 5.02 Å². The second-order valence-corrected chi connectivity index (χ2v) is 7.33. The summed E-state index contributed by atoms with van der Waals surface area (Å²) in [5.74, 6) is -0.708. The van der Waals surface area contributed by atoms with E-state index in [1.807, 2.05) is 32.0 Å². The van der Waals surface area contributed by atoms with Gasteiger partial charge in [0.15, 0.2) is 0 Å². The van der Waals surface area contributed by atoms with E-state index in [1.165, 1.54) is 0 Å². The van der Waals surface area contributed by atoms with Gasteiger partial charge in [-0.25, -0.2) is 0 Å². The van der Waals surface area contributed by atoms with E-state index in [-0.39, 0.29) is 30.7 Å². The van der Waals surface area contributed by atoms with Crippen LogP contribution in [0.1, 0.15) is 25.8 Å². The van der Waals surface area contributed by atoms with Crippen molar-refractivity contribution in [2.75, 3.05) is 26.2 Å². The molecule has 1 aliphatic heterocycles. The van der Waals surface area contributed by atoms with Crippen LogP contribution in [0.3, 0.4) is 0 Å². The Hall–Kier alpha value is -2.12. The van der Waals surface area contributed by atoms with Crippen molar-refractivity contribution in [2.24, 2.45) is 5.92 Å². The summed E-state index contributed by atoms with van der Waals surface area (Å²) in [6.45, 7) is 5.46. The monoisotopic (exact) mass is 395 g/mol. The van der Waals surface area contributed by atoms with Crippen molar-refractivity contribution in [1.29, 1.82) is 0 Å². The van der Waals surface area contributed by atoms with Crippen molar-refractivity contribution >= 4 is 29.4 Å². The van der Waals surface area contributed by atoms with Crippen LogP contribution in [0.15, 0.2) is 24.3 Å². The fourth-order valence-corrected chi connectivity index (χ4v) is 2.93. The van der Waals surface area contributed by atoms with E-state index in [2.05, 4.69) is 10.6 Å². The zero-order chi connectivity index (χ0) is 19.8. The molecule has 148 valence electrons. The van der Waals surface area contributed by atoms with Gasteiger partial charge in [-0.3, -0.25) is 19.3 Å². The van der Waals surface area contributed by atoms with Crippen LogP contribution < -0.4 is 10.6 Å². The van der Waals surface area contributed by atoms with Gasteiger partial charge in [-0.2, -0.15) is 0 Å². The van der Waals surface area contributed by atoms with Gasteiger partial charge in [0.1, 0.15) is 6.04 Å². The zero-order valence-electron chi connectivity index (χ0n) is 15.7. The molecule has 0 spiro atoms. The Balaban J connectivity index is 1.89. The van der Waals surface area contributed by atoms with E-state index in [0.29, 0.717) is 31.3 Å². The number of nitrogens with one attached hydrogen (secondary N) is 2. The minimum atomic E-state index is -0.704. The summed E-state index contributed by atoms with van der Waals surface area (Å²) in [4.78, 5) is 38.2. The van der Waals surface area contributed by atoms with Gasteiger partial charge in [-0.05, 0) is 17.5 Å². The first-order valence-corrected chi connectivity index (χ1v) is 9.42. The van der Waals surface area contributed by atoms with E-state index in [4.69, 9.17) is 16.3 Å². The van der Waals surface area contributed by atoms with Gasteiger partial charge in [0, 0.05) is 24.7 Å². The SMILES string of the molecule is CC(C)COC(=O)CC1C(=O)NCCN1CC(=O)NCc1ccccc1Cl. The molecule has 7 nitrogen and oxygen atoms in total. The van der Waals surface area contributed by atoms with Crippen molar-refractivity contribution in [3.63, 3.8) is 0 Å². The molecule has 1 aromatic rings. The summed E-state index contributed by atoms with van der Waals surface area (Å²) in [6.07, 6.45) is -0.0731. The highest BCUT2D eigenvalue weighted by Crippen LogP contribution is 2.14. The van der Waals surface area contributed by atoms with Gasteiger partial charge >= 0.3 is 5.97 Å². The maximum Gasteiger partial charge on any atom is 0.307 e. The Bertz CT molecular complexity index is 681. The van der Waals surface area contributed by atoms with Crippen LogP contribution in [0.5, 0.6) is 0 Å². The Labute approximate surface area is 164 Å². The molecule has 1 saturated heterocycles. The van der Waals surface area contributed by atoms with Crippen molar-refractivity contribution in [3.8, 4) is 0 Å². The lowest BCUT2D eigenvalue weighted by atomic mass is 10.1. The molecule has 1 unspecified atom stereocenters. The van der Waals surface area contributed by atoms with Gasteiger partial charge in [0.05, 0.1) is 19.6 Å². The smallest absolute Gasteiger partial charge is 0.307 e. The number of halogens is 1. The number of amides is 2. The zero-order valence-corrected chi connectivity index (χ0v) is 16.4. The first kappa shape index (κ1) is 21.2. The molecule has 0 bridgehead atoms. The predicted octanol–water partition coefficient (Wildman–Crippen LogP) is 1.35. The highest BCUT2D eigenvalue weighted by Gasteiger charge is 2.33. The Morgan fingerprint density at radius 2 is 2.11 bits per heavy atom. The number of nitrogens with zero attached hydrogens (tertiary/aromatic N) is 1. The second kappa shape index (κ2) is 10.3. The summed E-state index contributed by atoms with van der Waals surface area (Å²) in [7, 11) is 0. The van der Waals surface area contributed by atoms with E-state index in [1.54, 1.807) is 11.0 Å². The number of hydrogen-bond donors (Lipinski definition) is 2. The average molecular weight is 396 g/mol. The summed E-state index contributed by atoms with van der Waals surface area (Å²) in [6, 6.07) is 6.57. The number of carbonyl (C=O) groups excluding carboxylic acids is 3. The topological polar surface area (TPSA) is 87.7 Å². The number of carbonyl (C=O) groups is 3. The number of rotatable bonds is 8. The molecule has 1 aromatic carbocycles. The summed E-state index contributed by atoms with van der Waals surface area (Å²) < 4.78 is 5.17. The first-order chi connectivity index (χ1) is 12.9. The molecule has 1 aliphatic rings. The molecule has 1 heterocycles. The molecule has 2 N–H and O–H groups in total. The van der Waals surface area contributed by atoms with Crippen LogP contribution in [0.25, 0.3) is 0 Å². The van der Waals surface area contributed by atoms with E-state index in [9.17, 15) is 14.4 Å².